The van der Waals surface area contributed by atoms with Crippen LogP contribution in [0.15, 0.2) is 87.7 Å². The SMILES string of the molecule is CSc1ccc(NC(=O)N2CC(c3ccc(SC)cc3)C(c3ccc(F)cc3)=N2)cc1. The average molecular weight is 452 g/mol. The van der Waals surface area contributed by atoms with Crippen molar-refractivity contribution in [3.63, 3.8) is 0 Å². The van der Waals surface area contributed by atoms with Gasteiger partial charge >= 0.3 is 6.03 Å². The van der Waals surface area contributed by atoms with Crippen LogP contribution < -0.4 is 5.32 Å². The number of nitrogens with zero attached hydrogens (tertiary/aromatic N) is 2. The maximum absolute atomic E-state index is 13.5. The van der Waals surface area contributed by atoms with Gasteiger partial charge in [-0.3, -0.25) is 0 Å². The fraction of sp³-hybridized carbons (Fsp3) is 0.167. The third-order valence-corrected chi connectivity index (χ3v) is 6.64. The first-order valence-corrected chi connectivity index (χ1v) is 12.2. The molecule has 1 aliphatic rings. The Morgan fingerprint density at radius 3 is 2.10 bits per heavy atom. The topological polar surface area (TPSA) is 44.7 Å². The quantitative estimate of drug-likeness (QED) is 0.463. The van der Waals surface area contributed by atoms with Crippen LogP contribution in [0.1, 0.15) is 17.0 Å². The highest BCUT2D eigenvalue weighted by Gasteiger charge is 2.32. The minimum absolute atomic E-state index is 0.0917. The zero-order valence-electron chi connectivity index (χ0n) is 17.2. The summed E-state index contributed by atoms with van der Waals surface area (Å²) in [4.78, 5) is 15.2. The molecule has 2 amide bonds. The van der Waals surface area contributed by atoms with Gasteiger partial charge in [0, 0.05) is 21.4 Å². The number of benzene rings is 3. The van der Waals surface area contributed by atoms with E-state index in [2.05, 4.69) is 34.7 Å². The molecule has 0 fully saturated rings. The molecule has 0 radical (unpaired) electrons. The highest BCUT2D eigenvalue weighted by molar-refractivity contribution is 7.98. The van der Waals surface area contributed by atoms with Crippen molar-refractivity contribution in [3.05, 3.63) is 89.7 Å². The molecule has 7 heteroatoms. The summed E-state index contributed by atoms with van der Waals surface area (Å²) in [7, 11) is 0. The second-order valence-electron chi connectivity index (χ2n) is 7.06. The molecule has 1 N–H and O–H groups in total. The second-order valence-corrected chi connectivity index (χ2v) is 8.82. The van der Waals surface area contributed by atoms with Crippen LogP contribution in [0.4, 0.5) is 14.9 Å². The van der Waals surface area contributed by atoms with Gasteiger partial charge in [0.15, 0.2) is 0 Å². The van der Waals surface area contributed by atoms with Crippen molar-refractivity contribution in [3.8, 4) is 0 Å². The van der Waals surface area contributed by atoms with E-state index >= 15 is 0 Å². The molecule has 3 aromatic carbocycles. The van der Waals surface area contributed by atoms with E-state index in [1.54, 1.807) is 35.7 Å². The third-order valence-electron chi connectivity index (χ3n) is 5.15. The fourth-order valence-corrected chi connectivity index (χ4v) is 4.29. The van der Waals surface area contributed by atoms with Gasteiger partial charge in [0.05, 0.1) is 12.3 Å². The lowest BCUT2D eigenvalue weighted by Gasteiger charge is -2.16. The van der Waals surface area contributed by atoms with Crippen molar-refractivity contribution in [2.75, 3.05) is 24.4 Å². The Morgan fingerprint density at radius 1 is 0.935 bits per heavy atom. The van der Waals surface area contributed by atoms with Crippen LogP contribution >= 0.6 is 23.5 Å². The number of urea groups is 1. The second kappa shape index (κ2) is 9.58. The zero-order chi connectivity index (χ0) is 21.8. The molecule has 3 aromatic rings. The summed E-state index contributed by atoms with van der Waals surface area (Å²) in [5, 5.41) is 8.99. The highest BCUT2D eigenvalue weighted by Crippen LogP contribution is 2.30. The van der Waals surface area contributed by atoms with Crippen LogP contribution in [0.5, 0.6) is 0 Å². The van der Waals surface area contributed by atoms with E-state index in [1.165, 1.54) is 22.0 Å². The monoisotopic (exact) mass is 451 g/mol. The molecule has 0 saturated heterocycles. The van der Waals surface area contributed by atoms with Gasteiger partial charge in [0.2, 0.25) is 0 Å². The molecule has 31 heavy (non-hydrogen) atoms. The van der Waals surface area contributed by atoms with Crippen molar-refractivity contribution in [1.29, 1.82) is 0 Å². The summed E-state index contributed by atoms with van der Waals surface area (Å²) >= 11 is 3.33. The standard InChI is InChI=1S/C24H22FN3OS2/c1-30-20-11-5-16(6-12-20)22-15-28(27-23(22)17-3-7-18(25)8-4-17)24(29)26-19-9-13-21(31-2)14-10-19/h3-14,22H,15H2,1-2H3,(H,26,29). The Bertz CT molecular complexity index is 1080. The van der Waals surface area contributed by atoms with Crippen molar-refractivity contribution in [2.45, 2.75) is 15.7 Å². The first-order chi connectivity index (χ1) is 15.1. The van der Waals surface area contributed by atoms with Gasteiger partial charge in [-0.2, -0.15) is 5.10 Å². The minimum atomic E-state index is -0.300. The number of amides is 2. The van der Waals surface area contributed by atoms with Gasteiger partial charge in [-0.25, -0.2) is 14.2 Å². The van der Waals surface area contributed by atoms with Crippen LogP contribution in [0.2, 0.25) is 0 Å². The molecule has 0 bridgehead atoms. The van der Waals surface area contributed by atoms with Crippen molar-refractivity contribution in [1.82, 2.24) is 5.01 Å². The summed E-state index contributed by atoms with van der Waals surface area (Å²) in [6.45, 7) is 0.417. The van der Waals surface area contributed by atoms with Crippen molar-refractivity contribution in [2.24, 2.45) is 5.10 Å². The number of thioether (sulfide) groups is 2. The number of carbonyl (C=O) groups excluding carboxylic acids is 1. The van der Waals surface area contributed by atoms with Crippen LogP contribution in [0.25, 0.3) is 0 Å². The summed E-state index contributed by atoms with van der Waals surface area (Å²) in [5.41, 5.74) is 3.35. The molecular formula is C24H22FN3OS2. The minimum Gasteiger partial charge on any atom is -0.306 e. The molecule has 0 aliphatic carbocycles. The van der Waals surface area contributed by atoms with E-state index in [0.717, 1.165) is 21.7 Å². The van der Waals surface area contributed by atoms with Crippen molar-refractivity contribution < 1.29 is 9.18 Å². The number of rotatable bonds is 5. The van der Waals surface area contributed by atoms with Gasteiger partial charge in [-0.05, 0) is 72.2 Å². The number of halogens is 1. The first kappa shape index (κ1) is 21.5. The van der Waals surface area contributed by atoms with E-state index < -0.39 is 0 Å². The predicted molar refractivity (Wildman–Crippen MR) is 128 cm³/mol. The fourth-order valence-electron chi connectivity index (χ4n) is 3.47. The van der Waals surface area contributed by atoms with Gasteiger partial charge < -0.3 is 5.32 Å². The van der Waals surface area contributed by atoms with E-state index in [-0.39, 0.29) is 17.8 Å². The average Bonchev–Trinajstić information content (AvgIpc) is 3.26. The van der Waals surface area contributed by atoms with Gasteiger partial charge in [-0.15, -0.1) is 23.5 Å². The zero-order valence-corrected chi connectivity index (χ0v) is 18.8. The number of hydrazone groups is 1. The normalized spacial score (nSPS) is 15.6. The Morgan fingerprint density at radius 2 is 1.52 bits per heavy atom. The summed E-state index contributed by atoms with van der Waals surface area (Å²) < 4.78 is 13.5. The smallest absolute Gasteiger partial charge is 0.306 e. The lowest BCUT2D eigenvalue weighted by molar-refractivity contribution is 0.218. The Labute approximate surface area is 189 Å². The third kappa shape index (κ3) is 4.94. The Balaban J connectivity index is 1.60. The van der Waals surface area contributed by atoms with E-state index in [4.69, 9.17) is 0 Å². The van der Waals surface area contributed by atoms with Crippen LogP contribution in [0, 0.1) is 5.82 Å². The number of nitrogens with one attached hydrogen (secondary N) is 1. The largest absolute Gasteiger partial charge is 0.342 e. The van der Waals surface area contributed by atoms with Crippen LogP contribution in [0.3, 0.4) is 0 Å². The Hall–Kier alpha value is -2.77. The lowest BCUT2D eigenvalue weighted by atomic mass is 9.90. The molecule has 1 aliphatic heterocycles. The maximum Gasteiger partial charge on any atom is 0.342 e. The number of carbonyl (C=O) groups is 1. The molecular weight excluding hydrogens is 429 g/mol. The molecule has 4 nitrogen and oxygen atoms in total. The molecule has 0 spiro atoms. The van der Waals surface area contributed by atoms with Crippen molar-refractivity contribution >= 4 is 41.0 Å². The lowest BCUT2D eigenvalue weighted by Crippen LogP contribution is -2.30. The molecule has 1 heterocycles. The highest BCUT2D eigenvalue weighted by atomic mass is 32.2. The summed E-state index contributed by atoms with van der Waals surface area (Å²) in [6, 6.07) is 21.9. The van der Waals surface area contributed by atoms with Gasteiger partial charge in [0.1, 0.15) is 5.82 Å². The van der Waals surface area contributed by atoms with Gasteiger partial charge in [-0.1, -0.05) is 24.3 Å². The number of hydrogen-bond acceptors (Lipinski definition) is 4. The van der Waals surface area contributed by atoms with Gasteiger partial charge in [0.25, 0.3) is 0 Å². The first-order valence-electron chi connectivity index (χ1n) is 9.78. The molecule has 158 valence electrons. The number of anilines is 1. The van der Waals surface area contributed by atoms with Crippen LogP contribution in [-0.2, 0) is 0 Å². The van der Waals surface area contributed by atoms with E-state index in [1.807, 2.05) is 36.8 Å². The predicted octanol–water partition coefficient (Wildman–Crippen LogP) is 6.31. The summed E-state index contributed by atoms with van der Waals surface area (Å²) in [5.74, 6) is -0.391. The van der Waals surface area contributed by atoms with E-state index in [9.17, 15) is 9.18 Å². The number of hydrogen-bond donors (Lipinski definition) is 1. The molecule has 1 atom stereocenters. The summed E-state index contributed by atoms with van der Waals surface area (Å²) in [6.07, 6.45) is 4.04. The maximum atomic E-state index is 13.5. The Kier molecular flexibility index (Phi) is 6.63. The molecule has 0 aromatic heterocycles. The van der Waals surface area contributed by atoms with Crippen LogP contribution in [-0.4, -0.2) is 35.8 Å². The molecule has 4 rings (SSSR count). The molecule has 0 saturated carbocycles. The van der Waals surface area contributed by atoms with E-state index in [0.29, 0.717) is 12.2 Å². The molecule has 1 unspecified atom stereocenters.